The number of rotatable bonds is 9. The Bertz CT molecular complexity index is 1390. The van der Waals surface area contributed by atoms with Gasteiger partial charge in [0, 0.05) is 32.1 Å². The second-order valence-corrected chi connectivity index (χ2v) is 13.0. The lowest BCUT2D eigenvalue weighted by Crippen LogP contribution is -2.35. The maximum atomic E-state index is 13.1. The molecule has 2 heterocycles. The van der Waals surface area contributed by atoms with Crippen LogP contribution >= 0.6 is 0 Å². The van der Waals surface area contributed by atoms with Gasteiger partial charge in [-0.1, -0.05) is 56.6 Å². The van der Waals surface area contributed by atoms with Crippen LogP contribution in [0.5, 0.6) is 5.75 Å². The van der Waals surface area contributed by atoms with Gasteiger partial charge in [-0.05, 0) is 54.0 Å². The van der Waals surface area contributed by atoms with Crippen molar-refractivity contribution in [3.63, 3.8) is 0 Å². The Balaban J connectivity index is 1.39. The molecule has 10 heteroatoms. The summed E-state index contributed by atoms with van der Waals surface area (Å²) in [6.07, 6.45) is 3.30. The lowest BCUT2D eigenvalue weighted by atomic mass is 9.87. The molecule has 1 aromatic heterocycles. The predicted molar refractivity (Wildman–Crippen MR) is 149 cm³/mol. The Morgan fingerprint density at radius 2 is 1.77 bits per heavy atom. The molecule has 0 bridgehead atoms. The van der Waals surface area contributed by atoms with Crippen molar-refractivity contribution in [3.8, 4) is 17.1 Å². The molecule has 9 nitrogen and oxygen atoms in total. The minimum Gasteiger partial charge on any atom is -0.496 e. The van der Waals surface area contributed by atoms with Crippen LogP contribution in [-0.4, -0.2) is 60.9 Å². The van der Waals surface area contributed by atoms with Gasteiger partial charge in [0.1, 0.15) is 5.75 Å². The van der Waals surface area contributed by atoms with Gasteiger partial charge in [0.2, 0.25) is 27.6 Å². The summed E-state index contributed by atoms with van der Waals surface area (Å²) in [5.41, 5.74) is 2.79. The number of carbonyl (C=O) groups is 1. The molecule has 0 N–H and O–H groups in total. The van der Waals surface area contributed by atoms with Gasteiger partial charge < -0.3 is 14.2 Å². The first-order valence-electron chi connectivity index (χ1n) is 13.3. The molecule has 0 unspecified atom stereocenters. The van der Waals surface area contributed by atoms with Gasteiger partial charge >= 0.3 is 0 Å². The summed E-state index contributed by atoms with van der Waals surface area (Å²) >= 11 is 0. The molecule has 0 aliphatic carbocycles. The van der Waals surface area contributed by atoms with Gasteiger partial charge in [0.25, 0.3) is 0 Å². The van der Waals surface area contributed by atoms with Gasteiger partial charge in [-0.25, -0.2) is 8.42 Å². The van der Waals surface area contributed by atoms with Crippen LogP contribution in [-0.2, 0) is 33.2 Å². The number of aromatic nitrogens is 2. The summed E-state index contributed by atoms with van der Waals surface area (Å²) in [5, 5.41) is 4.08. The number of amides is 1. The Morgan fingerprint density at radius 1 is 1.08 bits per heavy atom. The van der Waals surface area contributed by atoms with Crippen LogP contribution in [0.3, 0.4) is 0 Å². The van der Waals surface area contributed by atoms with Gasteiger partial charge in [-0.3, -0.25) is 4.79 Å². The fourth-order valence-corrected chi connectivity index (χ4v) is 6.21. The number of piperidine rings is 1. The van der Waals surface area contributed by atoms with Crippen LogP contribution in [0.15, 0.2) is 51.9 Å². The predicted octanol–water partition coefficient (Wildman–Crippen LogP) is 4.81. The zero-order valence-electron chi connectivity index (χ0n) is 23.4. The molecule has 210 valence electrons. The number of benzene rings is 2. The minimum absolute atomic E-state index is 0.0525. The van der Waals surface area contributed by atoms with E-state index >= 15 is 0 Å². The summed E-state index contributed by atoms with van der Waals surface area (Å²) in [4.78, 5) is 19.1. The molecule has 1 aliphatic rings. The van der Waals surface area contributed by atoms with Crippen molar-refractivity contribution < 1.29 is 22.5 Å². The zero-order valence-corrected chi connectivity index (χ0v) is 24.3. The monoisotopic (exact) mass is 554 g/mol. The van der Waals surface area contributed by atoms with E-state index in [1.807, 2.05) is 12.1 Å². The lowest BCUT2D eigenvalue weighted by Gasteiger charge is -2.26. The molecule has 0 spiro atoms. The Labute approximate surface area is 231 Å². The van der Waals surface area contributed by atoms with Crippen LogP contribution < -0.4 is 4.74 Å². The quantitative estimate of drug-likeness (QED) is 0.374. The van der Waals surface area contributed by atoms with Gasteiger partial charge in [0.15, 0.2) is 0 Å². The number of ether oxygens (including phenoxy) is 1. The van der Waals surface area contributed by atoms with E-state index in [1.54, 1.807) is 29.6 Å². The highest BCUT2D eigenvalue weighted by atomic mass is 32.2. The Hall–Kier alpha value is -3.24. The summed E-state index contributed by atoms with van der Waals surface area (Å²) in [7, 11) is -0.364. The highest BCUT2D eigenvalue weighted by Crippen LogP contribution is 2.28. The topological polar surface area (TPSA) is 106 Å². The highest BCUT2D eigenvalue weighted by Gasteiger charge is 2.27. The van der Waals surface area contributed by atoms with Crippen molar-refractivity contribution in [2.75, 3.05) is 27.2 Å². The van der Waals surface area contributed by atoms with E-state index in [1.165, 1.54) is 17.6 Å². The van der Waals surface area contributed by atoms with Gasteiger partial charge in [-0.15, -0.1) is 0 Å². The van der Waals surface area contributed by atoms with Gasteiger partial charge in [0.05, 0.1) is 18.6 Å². The molecule has 3 aromatic rings. The minimum atomic E-state index is -3.58. The highest BCUT2D eigenvalue weighted by molar-refractivity contribution is 7.89. The molecule has 2 aromatic carbocycles. The van der Waals surface area contributed by atoms with Crippen molar-refractivity contribution in [3.05, 3.63) is 59.5 Å². The first-order chi connectivity index (χ1) is 18.5. The summed E-state index contributed by atoms with van der Waals surface area (Å²) in [6, 6.07) is 12.9. The maximum Gasteiger partial charge on any atom is 0.246 e. The molecule has 1 saturated heterocycles. The standard InChI is InChI=1S/C29H38N4O5S/c1-29(2,3)23-12-9-21(10-13-23)28-30-26(38-31-28)20-32(4)27(34)16-11-22-19-24(14-15-25(22)37-5)39(35,36)33-17-7-6-8-18-33/h9-10,12-15,19H,6-8,11,16-18,20H2,1-5H3. The van der Waals surface area contributed by atoms with Crippen molar-refractivity contribution in [2.45, 2.75) is 69.7 Å². The van der Waals surface area contributed by atoms with E-state index in [0.29, 0.717) is 42.5 Å². The number of sulfonamides is 1. The van der Waals surface area contributed by atoms with Crippen molar-refractivity contribution in [1.82, 2.24) is 19.3 Å². The Morgan fingerprint density at radius 3 is 2.41 bits per heavy atom. The molecule has 0 atom stereocenters. The van der Waals surface area contributed by atoms with E-state index in [-0.39, 0.29) is 29.2 Å². The average molecular weight is 555 g/mol. The van der Waals surface area contributed by atoms with Crippen LogP contribution in [0, 0.1) is 0 Å². The summed E-state index contributed by atoms with van der Waals surface area (Å²) in [6.45, 7) is 7.72. The largest absolute Gasteiger partial charge is 0.496 e. The molecule has 39 heavy (non-hydrogen) atoms. The zero-order chi connectivity index (χ0) is 28.2. The maximum absolute atomic E-state index is 13.1. The first-order valence-corrected chi connectivity index (χ1v) is 14.8. The van der Waals surface area contributed by atoms with Crippen LogP contribution in [0.4, 0.5) is 0 Å². The van der Waals surface area contributed by atoms with E-state index in [9.17, 15) is 13.2 Å². The normalized spacial score (nSPS) is 14.8. The van der Waals surface area contributed by atoms with Crippen molar-refractivity contribution in [1.29, 1.82) is 0 Å². The second-order valence-electron chi connectivity index (χ2n) is 11.0. The number of aryl methyl sites for hydroxylation is 1. The smallest absolute Gasteiger partial charge is 0.246 e. The van der Waals surface area contributed by atoms with Crippen LogP contribution in [0.25, 0.3) is 11.4 Å². The molecule has 1 aliphatic heterocycles. The third-order valence-electron chi connectivity index (χ3n) is 7.09. The van der Waals surface area contributed by atoms with E-state index in [0.717, 1.165) is 24.8 Å². The summed E-state index contributed by atoms with van der Waals surface area (Å²) in [5.74, 6) is 1.24. The molecule has 1 fully saturated rings. The number of methoxy groups -OCH3 is 1. The molecule has 4 rings (SSSR count). The molecular weight excluding hydrogens is 516 g/mol. The van der Waals surface area contributed by atoms with Crippen molar-refractivity contribution in [2.24, 2.45) is 0 Å². The van der Waals surface area contributed by atoms with Crippen LogP contribution in [0.1, 0.15) is 63.5 Å². The molecule has 0 radical (unpaired) electrons. The molecule has 1 amide bonds. The number of hydrogen-bond donors (Lipinski definition) is 0. The van der Waals surface area contributed by atoms with Gasteiger partial charge in [-0.2, -0.15) is 9.29 Å². The number of hydrogen-bond acceptors (Lipinski definition) is 7. The van der Waals surface area contributed by atoms with Crippen LogP contribution in [0.2, 0.25) is 0 Å². The Kier molecular flexibility index (Phi) is 8.76. The molecular formula is C29H38N4O5S. The van der Waals surface area contributed by atoms with E-state index < -0.39 is 10.0 Å². The second kappa shape index (κ2) is 11.9. The first kappa shape index (κ1) is 28.8. The fraction of sp³-hybridized carbons (Fsp3) is 0.483. The molecule has 0 saturated carbocycles. The number of carbonyl (C=O) groups excluding carboxylic acids is 1. The lowest BCUT2D eigenvalue weighted by molar-refractivity contribution is -0.130. The van der Waals surface area contributed by atoms with E-state index in [4.69, 9.17) is 9.26 Å². The van der Waals surface area contributed by atoms with E-state index in [2.05, 4.69) is 43.0 Å². The van der Waals surface area contributed by atoms with Crippen molar-refractivity contribution >= 4 is 15.9 Å². The third kappa shape index (κ3) is 6.86. The summed E-state index contributed by atoms with van der Waals surface area (Å²) < 4.78 is 38.7. The average Bonchev–Trinajstić information content (AvgIpc) is 3.40. The number of nitrogens with zero attached hydrogens (tertiary/aromatic N) is 4. The SMILES string of the molecule is COc1ccc(S(=O)(=O)N2CCCCC2)cc1CCC(=O)N(C)Cc1nc(-c2ccc(C(C)(C)C)cc2)no1. The third-order valence-corrected chi connectivity index (χ3v) is 8.98. The fourth-order valence-electron chi connectivity index (χ4n) is 4.64.